The van der Waals surface area contributed by atoms with Gasteiger partial charge < -0.3 is 20.5 Å². The maximum absolute atomic E-state index is 12.4. The number of rotatable bonds is 10. The zero-order valence-corrected chi connectivity index (χ0v) is 18.1. The monoisotopic (exact) mass is 419 g/mol. The number of nitrogens with two attached hydrogens (primary N) is 1. The standard InChI is InChI=1S/C25H29N3O3/c1-3-4-5-18-6-11-21(12-7-18)31-22-13-8-19(9-14-22)16-27-25(29)23-15-10-20(17-30-2)28-24(23)26/h6-15H,3-5,16-17H2,1-2H3,(H2,26,28)(H,27,29). The van der Waals surface area contributed by atoms with E-state index in [-0.39, 0.29) is 11.7 Å². The molecule has 0 aliphatic rings. The van der Waals surface area contributed by atoms with Gasteiger partial charge in [0.15, 0.2) is 0 Å². The van der Waals surface area contributed by atoms with Gasteiger partial charge in [-0.1, -0.05) is 37.6 Å². The van der Waals surface area contributed by atoms with Gasteiger partial charge in [0, 0.05) is 13.7 Å². The average Bonchev–Trinajstić information content (AvgIpc) is 2.78. The van der Waals surface area contributed by atoms with Crippen molar-refractivity contribution in [3.05, 3.63) is 83.0 Å². The molecule has 2 aromatic carbocycles. The van der Waals surface area contributed by atoms with Crippen LogP contribution in [-0.2, 0) is 24.3 Å². The Balaban J connectivity index is 1.53. The third-order valence-corrected chi connectivity index (χ3v) is 4.87. The summed E-state index contributed by atoms with van der Waals surface area (Å²) in [5, 5.41) is 2.87. The summed E-state index contributed by atoms with van der Waals surface area (Å²) >= 11 is 0. The van der Waals surface area contributed by atoms with Gasteiger partial charge in [-0.15, -0.1) is 0 Å². The number of benzene rings is 2. The molecule has 6 nitrogen and oxygen atoms in total. The highest BCUT2D eigenvalue weighted by atomic mass is 16.5. The molecule has 3 N–H and O–H groups in total. The molecule has 0 unspecified atom stereocenters. The molecular formula is C25H29N3O3. The van der Waals surface area contributed by atoms with Crippen LogP contribution in [0.1, 0.15) is 46.9 Å². The van der Waals surface area contributed by atoms with E-state index < -0.39 is 0 Å². The van der Waals surface area contributed by atoms with E-state index in [9.17, 15) is 4.79 Å². The predicted octanol–water partition coefficient (Wildman–Crippen LogP) is 4.88. The normalized spacial score (nSPS) is 10.6. The van der Waals surface area contributed by atoms with Crippen molar-refractivity contribution in [3.8, 4) is 11.5 Å². The van der Waals surface area contributed by atoms with E-state index in [4.69, 9.17) is 15.2 Å². The zero-order chi connectivity index (χ0) is 22.1. The molecule has 0 fully saturated rings. The number of ether oxygens (including phenoxy) is 2. The molecule has 0 saturated heterocycles. The highest BCUT2D eigenvalue weighted by molar-refractivity contribution is 5.98. The first-order valence-electron chi connectivity index (χ1n) is 10.5. The minimum atomic E-state index is -0.266. The minimum Gasteiger partial charge on any atom is -0.457 e. The lowest BCUT2D eigenvalue weighted by Gasteiger charge is -2.10. The van der Waals surface area contributed by atoms with Crippen molar-refractivity contribution in [3.63, 3.8) is 0 Å². The number of carbonyl (C=O) groups is 1. The molecule has 0 bridgehead atoms. The number of hydrogen-bond acceptors (Lipinski definition) is 5. The van der Waals surface area contributed by atoms with Crippen LogP contribution in [0.25, 0.3) is 0 Å². The summed E-state index contributed by atoms with van der Waals surface area (Å²) in [4.78, 5) is 16.6. The van der Waals surface area contributed by atoms with Crippen molar-refractivity contribution in [1.82, 2.24) is 10.3 Å². The lowest BCUT2D eigenvalue weighted by Crippen LogP contribution is -2.24. The van der Waals surface area contributed by atoms with Crippen molar-refractivity contribution in [2.75, 3.05) is 12.8 Å². The van der Waals surface area contributed by atoms with Crippen LogP contribution in [0.3, 0.4) is 0 Å². The van der Waals surface area contributed by atoms with Gasteiger partial charge in [0.2, 0.25) is 0 Å². The van der Waals surface area contributed by atoms with Gasteiger partial charge in [0.05, 0.1) is 17.9 Å². The van der Waals surface area contributed by atoms with Gasteiger partial charge in [0.25, 0.3) is 5.91 Å². The van der Waals surface area contributed by atoms with Gasteiger partial charge in [-0.3, -0.25) is 4.79 Å². The number of aryl methyl sites for hydroxylation is 1. The van der Waals surface area contributed by atoms with Crippen LogP contribution in [-0.4, -0.2) is 18.0 Å². The average molecular weight is 420 g/mol. The van der Waals surface area contributed by atoms with Crippen LogP contribution in [0.15, 0.2) is 60.7 Å². The number of aromatic nitrogens is 1. The Morgan fingerprint density at radius 2 is 1.61 bits per heavy atom. The van der Waals surface area contributed by atoms with Gasteiger partial charge in [0.1, 0.15) is 17.3 Å². The summed E-state index contributed by atoms with van der Waals surface area (Å²) in [6.07, 6.45) is 3.48. The predicted molar refractivity (Wildman–Crippen MR) is 122 cm³/mol. The number of anilines is 1. The molecule has 0 atom stereocenters. The van der Waals surface area contributed by atoms with E-state index in [1.165, 1.54) is 18.4 Å². The van der Waals surface area contributed by atoms with E-state index in [1.54, 1.807) is 19.2 Å². The molecule has 3 rings (SSSR count). The summed E-state index contributed by atoms with van der Waals surface area (Å²) in [6.45, 7) is 2.92. The third kappa shape index (κ3) is 6.55. The first-order chi connectivity index (χ1) is 15.1. The van der Waals surface area contributed by atoms with Crippen molar-refractivity contribution in [2.24, 2.45) is 0 Å². The maximum atomic E-state index is 12.4. The number of unbranched alkanes of at least 4 members (excludes halogenated alkanes) is 1. The fraction of sp³-hybridized carbons (Fsp3) is 0.280. The van der Waals surface area contributed by atoms with E-state index >= 15 is 0 Å². The Hall–Kier alpha value is -3.38. The number of nitrogen functional groups attached to an aromatic ring is 1. The third-order valence-electron chi connectivity index (χ3n) is 4.87. The van der Waals surface area contributed by atoms with Gasteiger partial charge >= 0.3 is 0 Å². The highest BCUT2D eigenvalue weighted by Crippen LogP contribution is 2.22. The molecule has 162 valence electrons. The molecule has 3 aromatic rings. The van der Waals surface area contributed by atoms with Crippen LogP contribution >= 0.6 is 0 Å². The fourth-order valence-corrected chi connectivity index (χ4v) is 3.13. The van der Waals surface area contributed by atoms with Gasteiger partial charge in [-0.25, -0.2) is 4.98 Å². The number of nitrogens with zero attached hydrogens (tertiary/aromatic N) is 1. The minimum absolute atomic E-state index is 0.191. The van der Waals surface area contributed by atoms with Crippen molar-refractivity contribution in [2.45, 2.75) is 39.3 Å². The molecule has 31 heavy (non-hydrogen) atoms. The van der Waals surface area contributed by atoms with Crippen molar-refractivity contribution >= 4 is 11.7 Å². The molecule has 0 spiro atoms. The number of pyridine rings is 1. The summed E-state index contributed by atoms with van der Waals surface area (Å²) in [5.74, 6) is 1.48. The second-order valence-electron chi connectivity index (χ2n) is 7.34. The van der Waals surface area contributed by atoms with E-state index in [2.05, 4.69) is 29.4 Å². The number of methoxy groups -OCH3 is 1. The Morgan fingerprint density at radius 3 is 2.19 bits per heavy atom. The summed E-state index contributed by atoms with van der Waals surface area (Å²) in [5.41, 5.74) is 9.22. The van der Waals surface area contributed by atoms with Crippen LogP contribution in [0, 0.1) is 0 Å². The molecule has 0 aliphatic heterocycles. The smallest absolute Gasteiger partial charge is 0.255 e. The Kier molecular flexibility index (Phi) is 8.01. The molecule has 0 saturated carbocycles. The molecule has 0 aliphatic carbocycles. The Bertz CT molecular complexity index is 986. The van der Waals surface area contributed by atoms with E-state index in [1.807, 2.05) is 36.4 Å². The van der Waals surface area contributed by atoms with Crippen LogP contribution in [0.2, 0.25) is 0 Å². The van der Waals surface area contributed by atoms with Crippen LogP contribution in [0.5, 0.6) is 11.5 Å². The SMILES string of the molecule is CCCCc1ccc(Oc2ccc(CNC(=O)c3ccc(COC)nc3N)cc2)cc1. The second-order valence-corrected chi connectivity index (χ2v) is 7.34. The molecular weight excluding hydrogens is 390 g/mol. The molecule has 1 aromatic heterocycles. The maximum Gasteiger partial charge on any atom is 0.255 e. The molecule has 1 heterocycles. The zero-order valence-electron chi connectivity index (χ0n) is 18.1. The number of amides is 1. The Morgan fingerprint density at radius 1 is 0.968 bits per heavy atom. The van der Waals surface area contributed by atoms with Crippen molar-refractivity contribution < 1.29 is 14.3 Å². The second kappa shape index (κ2) is 11.1. The number of hydrogen-bond donors (Lipinski definition) is 2. The highest BCUT2D eigenvalue weighted by Gasteiger charge is 2.11. The summed E-state index contributed by atoms with van der Waals surface area (Å²) in [6, 6.07) is 19.2. The number of carbonyl (C=O) groups excluding carboxylic acids is 1. The molecule has 0 radical (unpaired) electrons. The summed E-state index contributed by atoms with van der Waals surface area (Å²) in [7, 11) is 1.58. The van der Waals surface area contributed by atoms with E-state index in [0.717, 1.165) is 23.5 Å². The van der Waals surface area contributed by atoms with Gasteiger partial charge in [-0.05, 0) is 60.4 Å². The molecule has 1 amide bonds. The topological polar surface area (TPSA) is 86.5 Å². The molecule has 6 heteroatoms. The lowest BCUT2D eigenvalue weighted by molar-refractivity contribution is 0.0951. The van der Waals surface area contributed by atoms with Gasteiger partial charge in [-0.2, -0.15) is 0 Å². The van der Waals surface area contributed by atoms with Crippen LogP contribution < -0.4 is 15.8 Å². The first kappa shape index (κ1) is 22.3. The Labute approximate surface area is 183 Å². The summed E-state index contributed by atoms with van der Waals surface area (Å²) < 4.78 is 10.9. The lowest BCUT2D eigenvalue weighted by atomic mass is 10.1. The largest absolute Gasteiger partial charge is 0.457 e. The fourth-order valence-electron chi connectivity index (χ4n) is 3.13. The van der Waals surface area contributed by atoms with Crippen LogP contribution in [0.4, 0.5) is 5.82 Å². The van der Waals surface area contributed by atoms with Crippen molar-refractivity contribution in [1.29, 1.82) is 0 Å². The first-order valence-corrected chi connectivity index (χ1v) is 10.5. The number of nitrogens with one attached hydrogen (secondary N) is 1. The van der Waals surface area contributed by atoms with E-state index in [0.29, 0.717) is 24.4 Å². The quantitative estimate of drug-likeness (QED) is 0.489.